The molecular formula is C27H16F4N6O4. The molecule has 4 heterocycles. The molecule has 4 aromatic heterocycles. The summed E-state index contributed by atoms with van der Waals surface area (Å²) in [6.07, 6.45) is 4.89. The zero-order valence-corrected chi connectivity index (χ0v) is 20.8. The number of hydrogen-bond acceptors (Lipinski definition) is 7. The summed E-state index contributed by atoms with van der Waals surface area (Å²) in [6.45, 7) is 0. The van der Waals surface area contributed by atoms with Crippen molar-refractivity contribution in [3.8, 4) is 22.5 Å². The van der Waals surface area contributed by atoms with Crippen LogP contribution in [0.5, 0.6) is 0 Å². The van der Waals surface area contributed by atoms with Gasteiger partial charge in [0.25, 0.3) is 0 Å². The lowest BCUT2D eigenvalue weighted by Gasteiger charge is -2.04. The molecule has 0 radical (unpaired) electrons. The largest absolute Gasteiger partial charge is 0.478 e. The summed E-state index contributed by atoms with van der Waals surface area (Å²) in [5, 5.41) is 16.7. The van der Waals surface area contributed by atoms with Crippen LogP contribution in [0.25, 0.3) is 33.8 Å². The van der Waals surface area contributed by atoms with Crippen molar-refractivity contribution in [2.45, 2.75) is 0 Å². The normalized spacial score (nSPS) is 10.9. The SMILES string of the molecule is COC(=O)c1cnn2c(-c3c(F)cccc3F)cnc2c1.O=C(O)c1cnn2c(-c3c(F)cccc3F)cnc2c1. The third-order valence-electron chi connectivity index (χ3n) is 5.83. The van der Waals surface area contributed by atoms with Gasteiger partial charge in [-0.05, 0) is 36.4 Å². The van der Waals surface area contributed by atoms with Crippen molar-refractivity contribution >= 4 is 23.2 Å². The van der Waals surface area contributed by atoms with Crippen LogP contribution in [0.1, 0.15) is 20.7 Å². The standard InChI is InChI=1S/C14H9F2N3O2.C13H7F2N3O2/c1-21-14(20)8-5-12-17-7-11(19(12)18-6-8)13-9(15)3-2-4-10(13)16;14-8-2-1-3-9(15)12(8)10-6-16-11-4-7(13(19)20)5-17-18(10)11/h2-7H,1H3;1-6H,(H,19,20). The van der Waals surface area contributed by atoms with E-state index >= 15 is 0 Å². The van der Waals surface area contributed by atoms with Gasteiger partial charge in [0.2, 0.25) is 0 Å². The zero-order valence-electron chi connectivity index (χ0n) is 20.8. The third kappa shape index (κ3) is 5.05. The van der Waals surface area contributed by atoms with E-state index in [1.54, 1.807) is 0 Å². The Hall–Kier alpha value is -5.66. The Kier molecular flexibility index (Phi) is 7.12. The number of esters is 1. The molecule has 0 fully saturated rings. The zero-order chi connectivity index (χ0) is 29.3. The van der Waals surface area contributed by atoms with Gasteiger partial charge in [-0.1, -0.05) is 12.1 Å². The maximum Gasteiger partial charge on any atom is 0.339 e. The monoisotopic (exact) mass is 564 g/mol. The molecule has 2 aromatic carbocycles. The first-order valence-electron chi connectivity index (χ1n) is 11.6. The van der Waals surface area contributed by atoms with E-state index < -0.39 is 35.2 Å². The molecule has 0 amide bonds. The number of hydrogen-bond donors (Lipinski definition) is 1. The lowest BCUT2D eigenvalue weighted by atomic mass is 10.1. The number of aromatic carboxylic acids is 1. The van der Waals surface area contributed by atoms with E-state index in [9.17, 15) is 27.2 Å². The van der Waals surface area contributed by atoms with Gasteiger partial charge in [0, 0.05) is 0 Å². The van der Waals surface area contributed by atoms with Crippen molar-refractivity contribution in [2.24, 2.45) is 0 Å². The summed E-state index contributed by atoms with van der Waals surface area (Å²) in [5.41, 5.74) is 0.446. The van der Waals surface area contributed by atoms with Crippen molar-refractivity contribution in [2.75, 3.05) is 7.11 Å². The smallest absolute Gasteiger partial charge is 0.339 e. The van der Waals surface area contributed by atoms with Crippen LogP contribution in [-0.4, -0.2) is 53.4 Å². The molecule has 0 aliphatic carbocycles. The number of carbonyl (C=O) groups excluding carboxylic acids is 1. The molecule has 0 bridgehead atoms. The summed E-state index contributed by atoms with van der Waals surface area (Å²) in [4.78, 5) is 30.2. The van der Waals surface area contributed by atoms with E-state index in [0.717, 1.165) is 30.5 Å². The summed E-state index contributed by atoms with van der Waals surface area (Å²) >= 11 is 0. The molecule has 0 unspecified atom stereocenters. The first kappa shape index (κ1) is 26.9. The van der Waals surface area contributed by atoms with Gasteiger partial charge in [0.1, 0.15) is 23.3 Å². The molecule has 10 nitrogen and oxygen atoms in total. The van der Waals surface area contributed by atoms with Gasteiger partial charge in [-0.25, -0.2) is 46.1 Å². The molecular weight excluding hydrogens is 548 g/mol. The van der Waals surface area contributed by atoms with Crippen LogP contribution in [-0.2, 0) is 4.74 Å². The number of carboxylic acid groups (broad SMARTS) is 1. The number of rotatable bonds is 4. The van der Waals surface area contributed by atoms with E-state index in [2.05, 4.69) is 24.9 Å². The molecule has 206 valence electrons. The number of methoxy groups -OCH3 is 1. The third-order valence-corrected chi connectivity index (χ3v) is 5.83. The Morgan fingerprint density at radius 2 is 1.12 bits per heavy atom. The summed E-state index contributed by atoms with van der Waals surface area (Å²) in [7, 11) is 1.25. The van der Waals surface area contributed by atoms with E-state index in [1.807, 2.05) is 0 Å². The molecule has 0 aliphatic rings. The highest BCUT2D eigenvalue weighted by molar-refractivity contribution is 5.90. The molecule has 1 N–H and O–H groups in total. The number of benzene rings is 2. The highest BCUT2D eigenvalue weighted by Crippen LogP contribution is 2.27. The van der Waals surface area contributed by atoms with Crippen molar-refractivity contribution < 1.29 is 37.0 Å². The molecule has 0 spiro atoms. The fourth-order valence-corrected chi connectivity index (χ4v) is 3.92. The van der Waals surface area contributed by atoms with Crippen molar-refractivity contribution in [1.29, 1.82) is 0 Å². The van der Waals surface area contributed by atoms with Gasteiger partial charge in [0.15, 0.2) is 11.3 Å². The Labute approximate surface area is 227 Å². The lowest BCUT2D eigenvalue weighted by molar-refractivity contribution is 0.0599. The van der Waals surface area contributed by atoms with Crippen molar-refractivity contribution in [3.05, 3.63) is 108 Å². The Morgan fingerprint density at radius 1 is 0.707 bits per heavy atom. The maximum atomic E-state index is 13.8. The number of carboxylic acids is 1. The number of nitrogens with zero attached hydrogens (tertiary/aromatic N) is 6. The molecule has 0 aliphatic heterocycles. The van der Waals surface area contributed by atoms with Crippen LogP contribution in [0, 0.1) is 23.3 Å². The Bertz CT molecular complexity index is 1920. The lowest BCUT2D eigenvalue weighted by Crippen LogP contribution is -2.05. The fourth-order valence-electron chi connectivity index (χ4n) is 3.92. The van der Waals surface area contributed by atoms with Gasteiger partial charge in [-0.2, -0.15) is 10.2 Å². The predicted octanol–water partition coefficient (Wildman–Crippen LogP) is 4.83. The van der Waals surface area contributed by atoms with E-state index in [4.69, 9.17) is 5.11 Å². The van der Waals surface area contributed by atoms with Crippen molar-refractivity contribution in [3.63, 3.8) is 0 Å². The van der Waals surface area contributed by atoms with Gasteiger partial charge in [-0.15, -0.1) is 0 Å². The number of ether oxygens (including phenoxy) is 1. The van der Waals surface area contributed by atoms with Crippen LogP contribution in [0.2, 0.25) is 0 Å². The van der Waals surface area contributed by atoms with Gasteiger partial charge in [0.05, 0.1) is 65.5 Å². The Balaban J connectivity index is 0.000000165. The van der Waals surface area contributed by atoms with Gasteiger partial charge >= 0.3 is 11.9 Å². The van der Waals surface area contributed by atoms with Gasteiger partial charge in [-0.3, -0.25) is 0 Å². The second-order valence-electron chi connectivity index (χ2n) is 8.31. The maximum absolute atomic E-state index is 13.8. The molecule has 0 saturated heterocycles. The van der Waals surface area contributed by atoms with Crippen molar-refractivity contribution in [1.82, 2.24) is 29.2 Å². The topological polar surface area (TPSA) is 124 Å². The summed E-state index contributed by atoms with van der Waals surface area (Å²) in [5.74, 6) is -4.62. The highest BCUT2D eigenvalue weighted by atomic mass is 19.1. The van der Waals surface area contributed by atoms with E-state index in [-0.39, 0.29) is 44.9 Å². The Morgan fingerprint density at radius 3 is 1.54 bits per heavy atom. The number of carbonyl (C=O) groups is 2. The minimum absolute atomic E-state index is 0.0522. The summed E-state index contributed by atoms with van der Waals surface area (Å²) in [6, 6.07) is 9.81. The van der Waals surface area contributed by atoms with Crippen LogP contribution in [0.4, 0.5) is 17.6 Å². The average molecular weight is 564 g/mol. The first-order chi connectivity index (χ1) is 19.7. The second kappa shape index (κ2) is 10.8. The van der Waals surface area contributed by atoms with E-state index in [1.165, 1.54) is 59.0 Å². The molecule has 6 rings (SSSR count). The first-order valence-corrected chi connectivity index (χ1v) is 11.6. The quantitative estimate of drug-likeness (QED) is 0.239. The van der Waals surface area contributed by atoms with E-state index in [0.29, 0.717) is 0 Å². The number of imidazole rings is 2. The molecule has 41 heavy (non-hydrogen) atoms. The minimum Gasteiger partial charge on any atom is -0.478 e. The molecule has 14 heteroatoms. The molecule has 0 atom stereocenters. The fraction of sp³-hybridized carbons (Fsp3) is 0.0370. The minimum atomic E-state index is -1.15. The number of fused-ring (bicyclic) bond motifs is 2. The number of aromatic nitrogens is 6. The summed E-state index contributed by atoms with van der Waals surface area (Å²) < 4.78 is 62.2. The second-order valence-corrected chi connectivity index (χ2v) is 8.31. The van der Waals surface area contributed by atoms with Crippen LogP contribution < -0.4 is 0 Å². The van der Waals surface area contributed by atoms with Crippen LogP contribution in [0.15, 0.2) is 73.3 Å². The average Bonchev–Trinajstić information content (AvgIpc) is 3.56. The highest BCUT2D eigenvalue weighted by Gasteiger charge is 2.18. The molecule has 6 aromatic rings. The van der Waals surface area contributed by atoms with Gasteiger partial charge < -0.3 is 9.84 Å². The predicted molar refractivity (Wildman–Crippen MR) is 135 cm³/mol. The number of halogens is 4. The van der Waals surface area contributed by atoms with Crippen LogP contribution in [0.3, 0.4) is 0 Å². The molecule has 0 saturated carbocycles. The van der Waals surface area contributed by atoms with Crippen LogP contribution >= 0.6 is 0 Å².